The number of rotatable bonds is 2. The minimum Gasteiger partial charge on any atom is -0.300 e. The third-order valence-electron chi connectivity index (χ3n) is 10.1. The lowest BCUT2D eigenvalue weighted by Gasteiger charge is -2.46. The first-order valence-electron chi connectivity index (χ1n) is 11.8. The van der Waals surface area contributed by atoms with Crippen LogP contribution < -0.4 is 0 Å². The standard InChI is InChI=1S/C23H41NSi/c1-24-20-15-9-8-14-19(20)21-22(24)17-12-6-7-13-18(17)23(21)25(2,3)16-10-4-5-11-16/h16-23H,4-15H2,1-3H3. The lowest BCUT2D eigenvalue weighted by molar-refractivity contribution is 0.119. The van der Waals surface area contributed by atoms with Gasteiger partial charge in [-0.1, -0.05) is 70.9 Å². The number of fused-ring (bicyclic) bond motifs is 5. The minimum atomic E-state index is -1.16. The van der Waals surface area contributed by atoms with Gasteiger partial charge in [-0.2, -0.15) is 0 Å². The molecule has 25 heavy (non-hydrogen) atoms. The molecule has 0 radical (unpaired) electrons. The number of nitrogens with zero attached hydrogens (tertiary/aromatic N) is 1. The van der Waals surface area contributed by atoms with Crippen LogP contribution >= 0.6 is 0 Å². The van der Waals surface area contributed by atoms with Crippen molar-refractivity contribution in [3.8, 4) is 0 Å². The molecule has 0 aromatic rings. The molecule has 7 atom stereocenters. The van der Waals surface area contributed by atoms with Gasteiger partial charge in [-0.25, -0.2) is 0 Å². The highest BCUT2D eigenvalue weighted by Crippen LogP contribution is 2.66. The quantitative estimate of drug-likeness (QED) is 0.522. The van der Waals surface area contributed by atoms with Crippen molar-refractivity contribution in [3.63, 3.8) is 0 Å². The van der Waals surface area contributed by atoms with Gasteiger partial charge in [0.25, 0.3) is 0 Å². The normalized spacial score (nSPS) is 48.4. The van der Waals surface area contributed by atoms with Gasteiger partial charge in [0.2, 0.25) is 0 Å². The Bertz CT molecular complexity index is 494. The van der Waals surface area contributed by atoms with Crippen molar-refractivity contribution in [3.05, 3.63) is 0 Å². The van der Waals surface area contributed by atoms with E-state index in [1.54, 1.807) is 51.4 Å². The topological polar surface area (TPSA) is 3.24 Å². The Balaban J connectivity index is 1.53. The summed E-state index contributed by atoms with van der Waals surface area (Å²) in [6.07, 6.45) is 18.6. The van der Waals surface area contributed by atoms with E-state index >= 15 is 0 Å². The molecule has 0 spiro atoms. The molecule has 5 rings (SSSR count). The highest BCUT2D eigenvalue weighted by molar-refractivity contribution is 6.80. The van der Waals surface area contributed by atoms with Gasteiger partial charge in [-0.15, -0.1) is 0 Å². The average molecular weight is 360 g/mol. The molecule has 1 heterocycles. The van der Waals surface area contributed by atoms with Gasteiger partial charge in [0, 0.05) is 12.1 Å². The van der Waals surface area contributed by atoms with E-state index in [2.05, 4.69) is 25.0 Å². The third kappa shape index (κ3) is 2.48. The van der Waals surface area contributed by atoms with Crippen LogP contribution in [0.5, 0.6) is 0 Å². The summed E-state index contributed by atoms with van der Waals surface area (Å²) in [5, 5.41) is 0. The predicted molar refractivity (Wildman–Crippen MR) is 110 cm³/mol. The van der Waals surface area contributed by atoms with Gasteiger partial charge >= 0.3 is 0 Å². The Morgan fingerprint density at radius 2 is 1.24 bits per heavy atom. The summed E-state index contributed by atoms with van der Waals surface area (Å²) in [6, 6.07) is 1.94. The van der Waals surface area contributed by atoms with Crippen LogP contribution in [-0.4, -0.2) is 32.1 Å². The maximum atomic E-state index is 2.97. The molecule has 0 aromatic carbocycles. The van der Waals surface area contributed by atoms with Crippen LogP contribution in [0.4, 0.5) is 0 Å². The second kappa shape index (κ2) is 6.36. The van der Waals surface area contributed by atoms with Crippen molar-refractivity contribution >= 4 is 8.07 Å². The van der Waals surface area contributed by atoms with Crippen molar-refractivity contribution in [2.45, 2.75) is 113 Å². The van der Waals surface area contributed by atoms with Gasteiger partial charge in [-0.3, -0.25) is 4.90 Å². The first kappa shape index (κ1) is 17.3. The Kier molecular flexibility index (Phi) is 4.40. The van der Waals surface area contributed by atoms with Crippen molar-refractivity contribution < 1.29 is 0 Å². The summed E-state index contributed by atoms with van der Waals surface area (Å²) >= 11 is 0. The van der Waals surface area contributed by atoms with E-state index in [1.165, 1.54) is 31.2 Å². The van der Waals surface area contributed by atoms with Crippen molar-refractivity contribution in [2.24, 2.45) is 23.7 Å². The molecular weight excluding hydrogens is 318 g/mol. The SMILES string of the molecule is CN1C2CCCCC2C2C1C1CCCCC1C2[Si](C)(C)C1CCCC1. The average Bonchev–Trinajstić information content (AvgIpc) is 3.32. The van der Waals surface area contributed by atoms with E-state index in [0.29, 0.717) is 0 Å². The molecule has 5 aliphatic rings. The molecule has 5 fully saturated rings. The summed E-state index contributed by atoms with van der Waals surface area (Å²) in [5.74, 6) is 4.38. The van der Waals surface area contributed by atoms with Crippen LogP contribution in [0, 0.1) is 23.7 Å². The zero-order valence-electron chi connectivity index (χ0n) is 17.1. The molecule has 7 unspecified atom stereocenters. The Hall–Kier alpha value is 0.177. The molecule has 1 nitrogen and oxygen atoms in total. The van der Waals surface area contributed by atoms with Crippen LogP contribution in [0.3, 0.4) is 0 Å². The molecule has 1 saturated heterocycles. The summed E-state index contributed by atoms with van der Waals surface area (Å²) in [5.41, 5.74) is 2.33. The Morgan fingerprint density at radius 1 is 0.680 bits per heavy atom. The zero-order chi connectivity index (χ0) is 17.2. The summed E-state index contributed by atoms with van der Waals surface area (Å²) in [6.45, 7) is 5.72. The van der Waals surface area contributed by atoms with Gasteiger partial charge < -0.3 is 0 Å². The molecule has 0 aromatic heterocycles. The molecule has 0 bridgehead atoms. The third-order valence-corrected chi connectivity index (χ3v) is 15.3. The first-order valence-corrected chi connectivity index (χ1v) is 15.0. The molecule has 0 amide bonds. The smallest absolute Gasteiger partial charge is 0.0542 e. The fourth-order valence-corrected chi connectivity index (χ4v) is 14.6. The first-order chi connectivity index (χ1) is 12.1. The van der Waals surface area contributed by atoms with E-state index in [9.17, 15) is 0 Å². The molecule has 0 N–H and O–H groups in total. The molecule has 2 heteroatoms. The van der Waals surface area contributed by atoms with Crippen molar-refractivity contribution in [2.75, 3.05) is 7.05 Å². The molecule has 4 aliphatic carbocycles. The molecule has 1 aliphatic heterocycles. The Labute approximate surface area is 157 Å². The summed E-state index contributed by atoms with van der Waals surface area (Å²) in [4.78, 5) is 2.97. The predicted octanol–water partition coefficient (Wildman–Crippen LogP) is 6.32. The number of hydrogen-bond donors (Lipinski definition) is 0. The van der Waals surface area contributed by atoms with Crippen LogP contribution in [0.2, 0.25) is 24.2 Å². The second-order valence-electron chi connectivity index (χ2n) is 11.2. The van der Waals surface area contributed by atoms with Gasteiger partial charge in [0.15, 0.2) is 0 Å². The van der Waals surface area contributed by atoms with E-state index in [1.807, 2.05) is 0 Å². The van der Waals surface area contributed by atoms with Gasteiger partial charge in [0.05, 0.1) is 8.07 Å². The molecular formula is C23H41NSi. The second-order valence-corrected chi connectivity index (χ2v) is 16.3. The van der Waals surface area contributed by atoms with Crippen LogP contribution in [-0.2, 0) is 0 Å². The summed E-state index contributed by atoms with van der Waals surface area (Å²) < 4.78 is 0. The van der Waals surface area contributed by atoms with Crippen LogP contribution in [0.25, 0.3) is 0 Å². The lowest BCUT2D eigenvalue weighted by Crippen LogP contribution is -2.45. The Morgan fingerprint density at radius 3 is 1.96 bits per heavy atom. The highest BCUT2D eigenvalue weighted by atomic mass is 28.3. The number of likely N-dealkylation sites (tertiary alicyclic amines) is 1. The fourth-order valence-electron chi connectivity index (χ4n) is 9.24. The maximum absolute atomic E-state index is 2.97. The fraction of sp³-hybridized carbons (Fsp3) is 1.00. The van der Waals surface area contributed by atoms with E-state index in [0.717, 1.165) is 41.3 Å². The minimum absolute atomic E-state index is 0.961. The van der Waals surface area contributed by atoms with Crippen LogP contribution in [0.15, 0.2) is 0 Å². The van der Waals surface area contributed by atoms with Gasteiger partial charge in [-0.05, 0) is 61.1 Å². The summed E-state index contributed by atoms with van der Waals surface area (Å²) in [7, 11) is 1.38. The largest absolute Gasteiger partial charge is 0.300 e. The van der Waals surface area contributed by atoms with E-state index in [-0.39, 0.29) is 0 Å². The van der Waals surface area contributed by atoms with Gasteiger partial charge in [0.1, 0.15) is 0 Å². The van der Waals surface area contributed by atoms with E-state index < -0.39 is 8.07 Å². The highest BCUT2D eigenvalue weighted by Gasteiger charge is 2.64. The van der Waals surface area contributed by atoms with E-state index in [4.69, 9.17) is 0 Å². The number of hydrogen-bond acceptors (Lipinski definition) is 1. The lowest BCUT2D eigenvalue weighted by atomic mass is 9.77. The molecule has 142 valence electrons. The van der Waals surface area contributed by atoms with Crippen molar-refractivity contribution in [1.82, 2.24) is 4.90 Å². The monoisotopic (exact) mass is 359 g/mol. The zero-order valence-corrected chi connectivity index (χ0v) is 18.1. The van der Waals surface area contributed by atoms with Crippen molar-refractivity contribution in [1.29, 1.82) is 0 Å². The molecule has 4 saturated carbocycles. The maximum Gasteiger partial charge on any atom is 0.0542 e. The van der Waals surface area contributed by atoms with Crippen LogP contribution in [0.1, 0.15) is 77.0 Å².